The molecule has 0 saturated heterocycles. The third-order valence-electron chi connectivity index (χ3n) is 4.73. The Hall–Kier alpha value is -3.98. The minimum Gasteiger partial charge on any atom is -0.363 e. The molecule has 0 spiro atoms. The fraction of sp³-hybridized carbons (Fsp3) is 0.130. The van der Waals surface area contributed by atoms with Crippen LogP contribution in [0.2, 0.25) is 0 Å². The highest BCUT2D eigenvalue weighted by atomic mass is 15.1. The number of benzene rings is 2. The van der Waals surface area contributed by atoms with Crippen LogP contribution < -0.4 is 10.2 Å². The van der Waals surface area contributed by atoms with E-state index in [1.807, 2.05) is 79.7 Å². The predicted molar refractivity (Wildman–Crippen MR) is 115 cm³/mol. The zero-order chi connectivity index (χ0) is 20.2. The van der Waals surface area contributed by atoms with Gasteiger partial charge in [0.05, 0.1) is 23.7 Å². The summed E-state index contributed by atoms with van der Waals surface area (Å²) in [5.74, 6) is 1.26. The SMILES string of the molecule is CN(C)c1cc2c(Nc3ccc(C(C#N)c4ccccc4)cc3)ncnc2cn1. The maximum atomic E-state index is 9.63. The van der Waals surface area contributed by atoms with Crippen LogP contribution in [0.15, 0.2) is 73.2 Å². The molecule has 4 aromatic rings. The molecule has 1 N–H and O–H groups in total. The van der Waals surface area contributed by atoms with Crippen molar-refractivity contribution in [3.8, 4) is 6.07 Å². The van der Waals surface area contributed by atoms with Gasteiger partial charge in [-0.1, -0.05) is 42.5 Å². The third kappa shape index (κ3) is 3.85. The van der Waals surface area contributed by atoms with Crippen molar-refractivity contribution in [2.45, 2.75) is 5.92 Å². The van der Waals surface area contributed by atoms with Gasteiger partial charge >= 0.3 is 0 Å². The first-order valence-corrected chi connectivity index (χ1v) is 9.25. The average Bonchev–Trinajstić information content (AvgIpc) is 2.76. The summed E-state index contributed by atoms with van der Waals surface area (Å²) in [5.41, 5.74) is 3.61. The van der Waals surface area contributed by atoms with Gasteiger partial charge in [0, 0.05) is 25.2 Å². The number of pyridine rings is 1. The van der Waals surface area contributed by atoms with E-state index in [1.54, 1.807) is 6.20 Å². The molecule has 4 rings (SSSR count). The lowest BCUT2D eigenvalue weighted by atomic mass is 9.92. The van der Waals surface area contributed by atoms with E-state index >= 15 is 0 Å². The van der Waals surface area contributed by atoms with E-state index in [1.165, 1.54) is 6.33 Å². The van der Waals surface area contributed by atoms with Crippen LogP contribution in [-0.4, -0.2) is 29.0 Å². The molecular weight excluding hydrogens is 360 g/mol. The summed E-state index contributed by atoms with van der Waals surface area (Å²) < 4.78 is 0. The smallest absolute Gasteiger partial charge is 0.141 e. The number of rotatable bonds is 5. The monoisotopic (exact) mass is 380 g/mol. The summed E-state index contributed by atoms with van der Waals surface area (Å²) in [7, 11) is 3.89. The highest BCUT2D eigenvalue weighted by Crippen LogP contribution is 2.28. The molecule has 1 atom stereocenters. The molecule has 0 bridgehead atoms. The number of aromatic nitrogens is 3. The maximum Gasteiger partial charge on any atom is 0.141 e. The largest absolute Gasteiger partial charge is 0.363 e. The molecule has 29 heavy (non-hydrogen) atoms. The van der Waals surface area contributed by atoms with Crippen LogP contribution in [0.4, 0.5) is 17.3 Å². The van der Waals surface area contributed by atoms with Crippen LogP contribution in [0.3, 0.4) is 0 Å². The Morgan fingerprint density at radius 3 is 2.34 bits per heavy atom. The van der Waals surface area contributed by atoms with Crippen LogP contribution in [0.1, 0.15) is 17.0 Å². The van der Waals surface area contributed by atoms with E-state index in [2.05, 4.69) is 26.3 Å². The summed E-state index contributed by atoms with van der Waals surface area (Å²) >= 11 is 0. The number of nitriles is 1. The van der Waals surface area contributed by atoms with Crippen LogP contribution in [0.25, 0.3) is 10.9 Å². The molecular formula is C23H20N6. The van der Waals surface area contributed by atoms with Crippen LogP contribution >= 0.6 is 0 Å². The second-order valence-corrected chi connectivity index (χ2v) is 6.90. The summed E-state index contributed by atoms with van der Waals surface area (Å²) in [6.45, 7) is 0. The van der Waals surface area contributed by atoms with Gasteiger partial charge in [-0.15, -0.1) is 0 Å². The van der Waals surface area contributed by atoms with Crippen molar-refractivity contribution in [3.05, 3.63) is 84.3 Å². The van der Waals surface area contributed by atoms with Gasteiger partial charge in [-0.3, -0.25) is 0 Å². The Labute approximate surface area is 169 Å². The Morgan fingerprint density at radius 2 is 1.66 bits per heavy atom. The van der Waals surface area contributed by atoms with Gasteiger partial charge in [-0.05, 0) is 29.3 Å². The van der Waals surface area contributed by atoms with Gasteiger partial charge in [0.2, 0.25) is 0 Å². The Morgan fingerprint density at radius 1 is 0.931 bits per heavy atom. The van der Waals surface area contributed by atoms with Crippen LogP contribution in [0.5, 0.6) is 0 Å². The van der Waals surface area contributed by atoms with Gasteiger partial charge in [0.25, 0.3) is 0 Å². The van der Waals surface area contributed by atoms with Crippen molar-refractivity contribution in [2.24, 2.45) is 0 Å². The number of nitrogens with zero attached hydrogens (tertiary/aromatic N) is 5. The van der Waals surface area contributed by atoms with Crippen molar-refractivity contribution < 1.29 is 0 Å². The molecule has 1 unspecified atom stereocenters. The van der Waals surface area contributed by atoms with Crippen LogP contribution in [-0.2, 0) is 0 Å². The highest BCUT2D eigenvalue weighted by molar-refractivity contribution is 5.91. The molecule has 6 heteroatoms. The van der Waals surface area contributed by atoms with Gasteiger partial charge in [0.1, 0.15) is 18.0 Å². The fourth-order valence-electron chi connectivity index (χ4n) is 3.17. The first-order chi connectivity index (χ1) is 14.2. The standard InChI is InChI=1S/C23H20N6/c1-29(2)22-12-19-21(14-25-22)26-15-27-23(19)28-18-10-8-17(9-11-18)20(13-24)16-6-4-3-5-7-16/h3-12,14-15,20H,1-2H3,(H,26,27,28). The maximum absolute atomic E-state index is 9.63. The van der Waals surface area contributed by atoms with Crippen molar-refractivity contribution in [3.63, 3.8) is 0 Å². The van der Waals surface area contributed by atoms with Gasteiger partial charge < -0.3 is 10.2 Å². The number of fused-ring (bicyclic) bond motifs is 1. The van der Waals surface area contributed by atoms with E-state index in [4.69, 9.17) is 0 Å². The number of hydrogen-bond acceptors (Lipinski definition) is 6. The normalized spacial score (nSPS) is 11.6. The number of hydrogen-bond donors (Lipinski definition) is 1. The molecule has 2 heterocycles. The lowest BCUT2D eigenvalue weighted by Crippen LogP contribution is -2.10. The van der Waals surface area contributed by atoms with Crippen LogP contribution in [0, 0.1) is 11.3 Å². The molecule has 142 valence electrons. The van der Waals surface area contributed by atoms with E-state index in [9.17, 15) is 5.26 Å². The van der Waals surface area contributed by atoms with E-state index in [0.29, 0.717) is 5.82 Å². The van der Waals surface area contributed by atoms with Gasteiger partial charge in [0.15, 0.2) is 0 Å². The van der Waals surface area contributed by atoms with E-state index in [-0.39, 0.29) is 5.92 Å². The average molecular weight is 380 g/mol. The second kappa shape index (κ2) is 7.95. The quantitative estimate of drug-likeness (QED) is 0.550. The molecule has 0 aliphatic carbocycles. The summed E-state index contributed by atoms with van der Waals surface area (Å²) in [4.78, 5) is 15.0. The summed E-state index contributed by atoms with van der Waals surface area (Å²) in [6, 6.07) is 22.0. The molecule has 0 saturated carbocycles. The number of nitrogens with one attached hydrogen (secondary N) is 1. The summed E-state index contributed by atoms with van der Waals surface area (Å²) in [6.07, 6.45) is 3.27. The number of anilines is 3. The predicted octanol–water partition coefficient (Wildman–Crippen LogP) is 4.49. The van der Waals surface area contributed by atoms with E-state index < -0.39 is 0 Å². The fourth-order valence-corrected chi connectivity index (χ4v) is 3.17. The van der Waals surface area contributed by atoms with Crippen molar-refractivity contribution in [1.29, 1.82) is 5.26 Å². The highest BCUT2D eigenvalue weighted by Gasteiger charge is 2.13. The topological polar surface area (TPSA) is 77.7 Å². The molecule has 2 aromatic heterocycles. The first-order valence-electron chi connectivity index (χ1n) is 9.25. The molecule has 6 nitrogen and oxygen atoms in total. The van der Waals surface area contributed by atoms with Crippen molar-refractivity contribution in [2.75, 3.05) is 24.3 Å². The third-order valence-corrected chi connectivity index (χ3v) is 4.73. The van der Waals surface area contributed by atoms with Gasteiger partial charge in [-0.25, -0.2) is 15.0 Å². The molecule has 0 radical (unpaired) electrons. The zero-order valence-electron chi connectivity index (χ0n) is 16.2. The lowest BCUT2D eigenvalue weighted by Gasteiger charge is -2.14. The lowest BCUT2D eigenvalue weighted by molar-refractivity contribution is 1.04. The Kier molecular flexibility index (Phi) is 5.04. The molecule has 0 fully saturated rings. The van der Waals surface area contributed by atoms with Crippen molar-refractivity contribution in [1.82, 2.24) is 15.0 Å². The van der Waals surface area contributed by atoms with E-state index in [0.717, 1.165) is 33.5 Å². The van der Waals surface area contributed by atoms with Crippen molar-refractivity contribution >= 4 is 28.2 Å². The molecule has 0 aliphatic rings. The zero-order valence-corrected chi connectivity index (χ0v) is 16.2. The Balaban J connectivity index is 1.63. The summed E-state index contributed by atoms with van der Waals surface area (Å²) in [5, 5.41) is 13.9. The first kappa shape index (κ1) is 18.4. The Bertz CT molecular complexity index is 1160. The minimum absolute atomic E-state index is 0.293. The molecule has 2 aromatic carbocycles. The molecule has 0 aliphatic heterocycles. The minimum atomic E-state index is -0.293. The molecule has 0 amide bonds. The van der Waals surface area contributed by atoms with Gasteiger partial charge in [-0.2, -0.15) is 5.26 Å². The second-order valence-electron chi connectivity index (χ2n) is 6.90.